The largest absolute Gasteiger partial charge is 0.330 e. The van der Waals surface area contributed by atoms with E-state index in [1.165, 1.54) is 50.5 Å². The normalized spacial score (nSPS) is 29.8. The van der Waals surface area contributed by atoms with Crippen molar-refractivity contribution in [2.75, 3.05) is 6.54 Å². The van der Waals surface area contributed by atoms with E-state index >= 15 is 0 Å². The van der Waals surface area contributed by atoms with Crippen LogP contribution in [0.3, 0.4) is 0 Å². The van der Waals surface area contributed by atoms with Crippen molar-refractivity contribution in [2.45, 2.75) is 63.2 Å². The molecule has 1 nitrogen and oxygen atoms in total. The van der Waals surface area contributed by atoms with Gasteiger partial charge in [0.15, 0.2) is 0 Å². The quantitative estimate of drug-likeness (QED) is 0.855. The van der Waals surface area contributed by atoms with Crippen molar-refractivity contribution in [2.24, 2.45) is 11.7 Å². The maximum Gasteiger partial charge on any atom is 0.00755 e. The molecular weight excluding hydrogens is 230 g/mol. The highest BCUT2D eigenvalue weighted by Gasteiger charge is 2.37. The number of hydrogen-bond acceptors (Lipinski definition) is 1. The number of nitrogens with two attached hydrogens (primary N) is 1. The minimum atomic E-state index is 0.319. The Hall–Kier alpha value is -0.820. The lowest BCUT2D eigenvalue weighted by Crippen LogP contribution is -2.41. The predicted octanol–water partition coefficient (Wildman–Crippen LogP) is 4.36. The van der Waals surface area contributed by atoms with Crippen LogP contribution in [0, 0.1) is 5.92 Å². The van der Waals surface area contributed by atoms with Crippen LogP contribution in [-0.2, 0) is 5.41 Å². The summed E-state index contributed by atoms with van der Waals surface area (Å²) >= 11 is 0. The summed E-state index contributed by atoms with van der Waals surface area (Å²) < 4.78 is 0. The topological polar surface area (TPSA) is 26.0 Å². The van der Waals surface area contributed by atoms with Crippen molar-refractivity contribution in [1.82, 2.24) is 0 Å². The van der Waals surface area contributed by atoms with Crippen molar-refractivity contribution in [3.05, 3.63) is 35.4 Å². The molecule has 0 radical (unpaired) electrons. The SMILES string of the molecule is CC1CCC(c2ccc(C3(CN)CCC3)cc2)CC1. The zero-order valence-corrected chi connectivity index (χ0v) is 12.2. The number of rotatable bonds is 3. The molecule has 2 fully saturated rings. The van der Waals surface area contributed by atoms with Gasteiger partial charge < -0.3 is 5.73 Å². The van der Waals surface area contributed by atoms with Gasteiger partial charge in [-0.15, -0.1) is 0 Å². The molecule has 2 N–H and O–H groups in total. The van der Waals surface area contributed by atoms with E-state index in [1.807, 2.05) is 0 Å². The van der Waals surface area contributed by atoms with Gasteiger partial charge in [-0.25, -0.2) is 0 Å². The summed E-state index contributed by atoms with van der Waals surface area (Å²) in [5, 5.41) is 0. The van der Waals surface area contributed by atoms with E-state index in [4.69, 9.17) is 5.73 Å². The summed E-state index contributed by atoms with van der Waals surface area (Å²) in [4.78, 5) is 0. The Morgan fingerprint density at radius 1 is 1.05 bits per heavy atom. The predicted molar refractivity (Wildman–Crippen MR) is 81.4 cm³/mol. The zero-order valence-electron chi connectivity index (χ0n) is 12.2. The number of hydrogen-bond donors (Lipinski definition) is 1. The van der Waals surface area contributed by atoms with Gasteiger partial charge in [-0.1, -0.05) is 50.5 Å². The van der Waals surface area contributed by atoms with Crippen LogP contribution in [0.25, 0.3) is 0 Å². The van der Waals surface area contributed by atoms with Crippen LogP contribution in [-0.4, -0.2) is 6.54 Å². The van der Waals surface area contributed by atoms with Gasteiger partial charge in [0.1, 0.15) is 0 Å². The second-order valence-corrected chi connectivity index (χ2v) is 6.92. The van der Waals surface area contributed by atoms with Crippen LogP contribution in [0.15, 0.2) is 24.3 Å². The third kappa shape index (κ3) is 2.45. The average molecular weight is 257 g/mol. The van der Waals surface area contributed by atoms with E-state index in [0.717, 1.165) is 18.4 Å². The third-order valence-electron chi connectivity index (χ3n) is 5.71. The molecule has 0 aromatic heterocycles. The second-order valence-electron chi connectivity index (χ2n) is 6.92. The first-order valence-electron chi connectivity index (χ1n) is 8.04. The first kappa shape index (κ1) is 13.2. The fraction of sp³-hybridized carbons (Fsp3) is 0.667. The molecule has 1 heteroatoms. The first-order valence-corrected chi connectivity index (χ1v) is 8.04. The van der Waals surface area contributed by atoms with Crippen molar-refractivity contribution in [1.29, 1.82) is 0 Å². The Balaban J connectivity index is 1.72. The summed E-state index contributed by atoms with van der Waals surface area (Å²) in [7, 11) is 0. The van der Waals surface area contributed by atoms with Gasteiger partial charge >= 0.3 is 0 Å². The van der Waals surface area contributed by atoms with E-state index in [9.17, 15) is 0 Å². The molecule has 104 valence electrons. The monoisotopic (exact) mass is 257 g/mol. The van der Waals surface area contributed by atoms with Crippen LogP contribution >= 0.6 is 0 Å². The highest BCUT2D eigenvalue weighted by molar-refractivity contribution is 5.33. The van der Waals surface area contributed by atoms with E-state index in [1.54, 1.807) is 5.56 Å². The zero-order chi connectivity index (χ0) is 13.3. The highest BCUT2D eigenvalue weighted by atomic mass is 14.6. The summed E-state index contributed by atoms with van der Waals surface area (Å²) in [6.45, 7) is 3.20. The Bertz CT molecular complexity index is 402. The lowest BCUT2D eigenvalue weighted by atomic mass is 9.64. The molecule has 3 rings (SSSR count). The fourth-order valence-electron chi connectivity index (χ4n) is 3.92. The molecule has 1 aromatic carbocycles. The lowest BCUT2D eigenvalue weighted by molar-refractivity contribution is 0.253. The summed E-state index contributed by atoms with van der Waals surface area (Å²) in [5.74, 6) is 1.74. The molecule has 1 aromatic rings. The van der Waals surface area contributed by atoms with Gasteiger partial charge in [-0.05, 0) is 48.6 Å². The number of benzene rings is 1. The van der Waals surface area contributed by atoms with Crippen LogP contribution in [0.1, 0.15) is 68.9 Å². The smallest absolute Gasteiger partial charge is 0.00755 e. The maximum absolute atomic E-state index is 6.00. The standard InChI is InChI=1S/C18H27N/c1-14-3-5-15(6-4-14)16-7-9-17(10-8-16)18(13-19)11-2-12-18/h7-10,14-15H,2-6,11-13,19H2,1H3. The Morgan fingerprint density at radius 2 is 1.68 bits per heavy atom. The third-order valence-corrected chi connectivity index (χ3v) is 5.71. The molecule has 2 aliphatic rings. The molecule has 0 unspecified atom stereocenters. The summed E-state index contributed by atoms with van der Waals surface area (Å²) in [6.07, 6.45) is 9.47. The molecule has 0 heterocycles. The Kier molecular flexibility index (Phi) is 3.66. The van der Waals surface area contributed by atoms with Gasteiger partial charge in [0, 0.05) is 12.0 Å². The Morgan fingerprint density at radius 3 is 2.16 bits per heavy atom. The molecule has 0 atom stereocenters. The molecule has 0 amide bonds. The van der Waals surface area contributed by atoms with E-state index in [2.05, 4.69) is 31.2 Å². The molecular formula is C18H27N. The molecule has 0 spiro atoms. The molecule has 19 heavy (non-hydrogen) atoms. The van der Waals surface area contributed by atoms with E-state index in [-0.39, 0.29) is 0 Å². The molecule has 2 aliphatic carbocycles. The lowest BCUT2D eigenvalue weighted by Gasteiger charge is -2.41. The van der Waals surface area contributed by atoms with Crippen LogP contribution in [0.4, 0.5) is 0 Å². The summed E-state index contributed by atoms with van der Waals surface area (Å²) in [6, 6.07) is 9.48. The molecule has 2 saturated carbocycles. The van der Waals surface area contributed by atoms with E-state index < -0.39 is 0 Å². The average Bonchev–Trinajstić information content (AvgIpc) is 2.40. The highest BCUT2D eigenvalue weighted by Crippen LogP contribution is 2.43. The second kappa shape index (κ2) is 5.28. The van der Waals surface area contributed by atoms with Gasteiger partial charge in [0.25, 0.3) is 0 Å². The molecule has 0 aliphatic heterocycles. The van der Waals surface area contributed by atoms with E-state index in [0.29, 0.717) is 5.41 Å². The van der Waals surface area contributed by atoms with Crippen LogP contribution in [0.2, 0.25) is 0 Å². The van der Waals surface area contributed by atoms with Crippen molar-refractivity contribution >= 4 is 0 Å². The molecule has 0 saturated heterocycles. The Labute approximate surface area is 117 Å². The fourth-order valence-corrected chi connectivity index (χ4v) is 3.92. The van der Waals surface area contributed by atoms with Crippen LogP contribution < -0.4 is 5.73 Å². The van der Waals surface area contributed by atoms with Gasteiger partial charge in [0.05, 0.1) is 0 Å². The first-order chi connectivity index (χ1) is 9.23. The van der Waals surface area contributed by atoms with Crippen molar-refractivity contribution < 1.29 is 0 Å². The summed E-state index contributed by atoms with van der Waals surface area (Å²) in [5.41, 5.74) is 9.35. The van der Waals surface area contributed by atoms with Crippen molar-refractivity contribution in [3.8, 4) is 0 Å². The van der Waals surface area contributed by atoms with Gasteiger partial charge in [0.2, 0.25) is 0 Å². The minimum absolute atomic E-state index is 0.319. The maximum atomic E-state index is 6.00. The molecule has 0 bridgehead atoms. The van der Waals surface area contributed by atoms with Crippen molar-refractivity contribution in [3.63, 3.8) is 0 Å². The van der Waals surface area contributed by atoms with Gasteiger partial charge in [-0.2, -0.15) is 0 Å². The minimum Gasteiger partial charge on any atom is -0.330 e. The van der Waals surface area contributed by atoms with Gasteiger partial charge in [-0.3, -0.25) is 0 Å². The van der Waals surface area contributed by atoms with Crippen LogP contribution in [0.5, 0.6) is 0 Å².